The van der Waals surface area contributed by atoms with Gasteiger partial charge in [-0.3, -0.25) is 0 Å². The molecule has 0 aliphatic carbocycles. The molecule has 1 aromatic carbocycles. The van der Waals surface area contributed by atoms with E-state index >= 15 is 0 Å². The van der Waals surface area contributed by atoms with Crippen molar-refractivity contribution in [1.29, 1.82) is 0 Å². The van der Waals surface area contributed by atoms with E-state index in [9.17, 15) is 8.42 Å². The maximum absolute atomic E-state index is 12.3. The predicted octanol–water partition coefficient (Wildman–Crippen LogP) is 0.879. The summed E-state index contributed by atoms with van der Waals surface area (Å²) in [6, 6.07) is 7.98. The molecule has 3 rings (SSSR count). The van der Waals surface area contributed by atoms with Crippen LogP contribution < -0.4 is 15.4 Å². The summed E-state index contributed by atoms with van der Waals surface area (Å²) in [5, 5.41) is 7.03. The number of benzene rings is 1. The van der Waals surface area contributed by atoms with E-state index in [0.717, 1.165) is 31.9 Å². The van der Waals surface area contributed by atoms with Gasteiger partial charge in [0.1, 0.15) is 0 Å². The standard InChI is InChI=1S/C15H18N6O2S2/c22-25(23,20-14-17-6-1-7-18-14)13-4-2-12(3-5-13)19-15(24)21-10-8-16-9-11-21/h1-7,16H,8-11H2,(H,19,24)(H,17,18,20). The highest BCUT2D eigenvalue weighted by Crippen LogP contribution is 2.16. The van der Waals surface area contributed by atoms with E-state index in [0.29, 0.717) is 5.11 Å². The molecule has 0 atom stereocenters. The topological polar surface area (TPSA) is 99.2 Å². The Bertz CT molecular complexity index is 821. The summed E-state index contributed by atoms with van der Waals surface area (Å²) < 4.78 is 27.0. The first-order valence-electron chi connectivity index (χ1n) is 7.71. The van der Waals surface area contributed by atoms with Crippen molar-refractivity contribution >= 4 is 39.0 Å². The lowest BCUT2D eigenvalue weighted by Crippen LogP contribution is -2.47. The van der Waals surface area contributed by atoms with Crippen LogP contribution in [-0.2, 0) is 10.0 Å². The van der Waals surface area contributed by atoms with Gasteiger partial charge in [-0.05, 0) is 42.5 Å². The van der Waals surface area contributed by atoms with E-state index in [1.807, 2.05) is 0 Å². The minimum Gasteiger partial charge on any atom is -0.346 e. The van der Waals surface area contributed by atoms with Crippen molar-refractivity contribution in [3.63, 3.8) is 0 Å². The summed E-state index contributed by atoms with van der Waals surface area (Å²) >= 11 is 5.39. The fraction of sp³-hybridized carbons (Fsp3) is 0.267. The number of anilines is 2. The van der Waals surface area contributed by atoms with Crippen LogP contribution in [0.1, 0.15) is 0 Å². The minimum absolute atomic E-state index is 0.0320. The van der Waals surface area contributed by atoms with Gasteiger partial charge in [-0.1, -0.05) is 0 Å². The van der Waals surface area contributed by atoms with E-state index in [4.69, 9.17) is 12.2 Å². The quantitative estimate of drug-likeness (QED) is 0.675. The van der Waals surface area contributed by atoms with Gasteiger partial charge >= 0.3 is 0 Å². The van der Waals surface area contributed by atoms with E-state index in [2.05, 4.69) is 30.2 Å². The van der Waals surface area contributed by atoms with Gasteiger partial charge in [0.15, 0.2) is 5.11 Å². The highest BCUT2D eigenvalue weighted by Gasteiger charge is 2.16. The van der Waals surface area contributed by atoms with Crippen LogP contribution in [-0.4, -0.2) is 54.6 Å². The average molecular weight is 378 g/mol. The van der Waals surface area contributed by atoms with Crippen LogP contribution in [0.2, 0.25) is 0 Å². The zero-order chi connectivity index (χ0) is 17.7. The first-order valence-corrected chi connectivity index (χ1v) is 9.60. The second-order valence-corrected chi connectivity index (χ2v) is 7.44. The Balaban J connectivity index is 1.66. The Morgan fingerprint density at radius 3 is 2.40 bits per heavy atom. The number of rotatable bonds is 4. The van der Waals surface area contributed by atoms with Gasteiger partial charge in [0.2, 0.25) is 5.95 Å². The number of nitrogens with one attached hydrogen (secondary N) is 3. The molecular formula is C15H18N6O2S2. The average Bonchev–Trinajstić information content (AvgIpc) is 2.63. The lowest BCUT2D eigenvalue weighted by Gasteiger charge is -2.29. The molecule has 1 saturated heterocycles. The van der Waals surface area contributed by atoms with Gasteiger partial charge in [0.05, 0.1) is 4.90 Å². The lowest BCUT2D eigenvalue weighted by atomic mass is 10.3. The van der Waals surface area contributed by atoms with Crippen LogP contribution >= 0.6 is 12.2 Å². The van der Waals surface area contributed by atoms with Crippen molar-refractivity contribution < 1.29 is 8.42 Å². The van der Waals surface area contributed by atoms with Crippen LogP contribution in [0, 0.1) is 0 Å². The molecule has 2 aromatic rings. The molecule has 0 radical (unpaired) electrons. The summed E-state index contributed by atoms with van der Waals surface area (Å²) in [6.45, 7) is 3.48. The SMILES string of the molecule is O=S(=O)(Nc1ncccn1)c1ccc(NC(=S)N2CCNCC2)cc1. The molecule has 0 saturated carbocycles. The van der Waals surface area contributed by atoms with Gasteiger partial charge in [-0.25, -0.2) is 23.1 Å². The second kappa shape index (κ2) is 7.72. The minimum atomic E-state index is -3.73. The molecule has 132 valence electrons. The Morgan fingerprint density at radius 2 is 1.76 bits per heavy atom. The molecular weight excluding hydrogens is 360 g/mol. The van der Waals surface area contributed by atoms with E-state index in [1.54, 1.807) is 18.2 Å². The molecule has 25 heavy (non-hydrogen) atoms. The first-order chi connectivity index (χ1) is 12.0. The second-order valence-electron chi connectivity index (χ2n) is 5.37. The van der Waals surface area contributed by atoms with Crippen molar-refractivity contribution in [2.45, 2.75) is 4.90 Å². The van der Waals surface area contributed by atoms with E-state index in [-0.39, 0.29) is 10.8 Å². The van der Waals surface area contributed by atoms with Gasteiger partial charge < -0.3 is 15.5 Å². The Hall–Kier alpha value is -2.30. The fourth-order valence-corrected chi connectivity index (χ4v) is 3.58. The van der Waals surface area contributed by atoms with E-state index in [1.165, 1.54) is 24.5 Å². The molecule has 1 aliphatic rings. The molecule has 1 aliphatic heterocycles. The molecule has 0 spiro atoms. The van der Waals surface area contributed by atoms with Crippen molar-refractivity contribution in [2.24, 2.45) is 0 Å². The Labute approximate surface area is 151 Å². The van der Waals surface area contributed by atoms with Gasteiger partial charge in [-0.15, -0.1) is 0 Å². The summed E-state index contributed by atoms with van der Waals surface area (Å²) in [6.07, 6.45) is 2.93. The number of thiocarbonyl (C=S) groups is 1. The van der Waals surface area contributed by atoms with Crippen molar-refractivity contribution in [1.82, 2.24) is 20.2 Å². The zero-order valence-electron chi connectivity index (χ0n) is 13.3. The number of hydrogen-bond donors (Lipinski definition) is 3. The third-order valence-corrected chi connectivity index (χ3v) is 5.32. The predicted molar refractivity (Wildman–Crippen MR) is 99.9 cm³/mol. The summed E-state index contributed by atoms with van der Waals surface area (Å²) in [5.41, 5.74) is 0.735. The van der Waals surface area contributed by atoms with Gasteiger partial charge in [0.25, 0.3) is 10.0 Å². The first kappa shape index (κ1) is 17.5. The van der Waals surface area contributed by atoms with Crippen LogP contribution in [0.4, 0.5) is 11.6 Å². The summed E-state index contributed by atoms with van der Waals surface area (Å²) in [7, 11) is -3.73. The van der Waals surface area contributed by atoms with Crippen LogP contribution in [0.5, 0.6) is 0 Å². The number of sulfonamides is 1. The molecule has 0 bridgehead atoms. The Kier molecular flexibility index (Phi) is 5.41. The van der Waals surface area contributed by atoms with Crippen LogP contribution in [0.25, 0.3) is 0 Å². The third kappa shape index (κ3) is 4.62. The van der Waals surface area contributed by atoms with Crippen molar-refractivity contribution in [3.05, 3.63) is 42.7 Å². The summed E-state index contributed by atoms with van der Waals surface area (Å²) in [5.74, 6) is 0.0320. The van der Waals surface area contributed by atoms with Gasteiger partial charge in [0, 0.05) is 44.3 Å². The molecule has 1 fully saturated rings. The normalized spacial score (nSPS) is 14.8. The zero-order valence-corrected chi connectivity index (χ0v) is 15.0. The largest absolute Gasteiger partial charge is 0.346 e. The fourth-order valence-electron chi connectivity index (χ4n) is 2.32. The monoisotopic (exact) mass is 378 g/mol. The number of hydrogen-bond acceptors (Lipinski definition) is 6. The number of nitrogens with zero attached hydrogens (tertiary/aromatic N) is 3. The van der Waals surface area contributed by atoms with Crippen molar-refractivity contribution in [3.8, 4) is 0 Å². The number of piperazine rings is 1. The maximum atomic E-state index is 12.3. The molecule has 3 N–H and O–H groups in total. The smallest absolute Gasteiger partial charge is 0.264 e. The van der Waals surface area contributed by atoms with Gasteiger partial charge in [-0.2, -0.15) is 0 Å². The van der Waals surface area contributed by atoms with Crippen LogP contribution in [0.15, 0.2) is 47.6 Å². The summed E-state index contributed by atoms with van der Waals surface area (Å²) in [4.78, 5) is 9.91. The molecule has 8 nitrogen and oxygen atoms in total. The molecule has 0 amide bonds. The molecule has 1 aromatic heterocycles. The van der Waals surface area contributed by atoms with Crippen LogP contribution in [0.3, 0.4) is 0 Å². The molecule has 10 heteroatoms. The number of aromatic nitrogens is 2. The third-order valence-electron chi connectivity index (χ3n) is 3.61. The molecule has 0 unspecified atom stereocenters. The highest BCUT2D eigenvalue weighted by molar-refractivity contribution is 7.92. The Morgan fingerprint density at radius 1 is 1.12 bits per heavy atom. The van der Waals surface area contributed by atoms with Crippen molar-refractivity contribution in [2.75, 3.05) is 36.2 Å². The highest BCUT2D eigenvalue weighted by atomic mass is 32.2. The molecule has 2 heterocycles. The maximum Gasteiger partial charge on any atom is 0.264 e. The lowest BCUT2D eigenvalue weighted by molar-refractivity contribution is 0.362. The van der Waals surface area contributed by atoms with E-state index < -0.39 is 10.0 Å².